The lowest BCUT2D eigenvalue weighted by Gasteiger charge is -2.28. The van der Waals surface area contributed by atoms with Crippen molar-refractivity contribution >= 4 is 11.5 Å². The van der Waals surface area contributed by atoms with Crippen LogP contribution in [-0.2, 0) is 0 Å². The highest BCUT2D eigenvalue weighted by molar-refractivity contribution is 5.93. The molecule has 1 aromatic rings. The zero-order chi connectivity index (χ0) is 13.4. The second-order valence-electron chi connectivity index (χ2n) is 6.13. The summed E-state index contributed by atoms with van der Waals surface area (Å²) in [5.41, 5.74) is 7.18. The van der Waals surface area contributed by atoms with Gasteiger partial charge in [-0.25, -0.2) is 0 Å². The van der Waals surface area contributed by atoms with E-state index in [9.17, 15) is 0 Å². The summed E-state index contributed by atoms with van der Waals surface area (Å²) in [6.45, 7) is 1.11. The van der Waals surface area contributed by atoms with Gasteiger partial charge >= 0.3 is 0 Å². The molecule has 102 valence electrons. The van der Waals surface area contributed by atoms with E-state index in [1.54, 1.807) is 6.20 Å². The van der Waals surface area contributed by atoms with Gasteiger partial charge in [0.2, 0.25) is 0 Å². The first kappa shape index (κ1) is 12.5. The van der Waals surface area contributed by atoms with E-state index in [1.807, 2.05) is 12.1 Å². The third-order valence-electron chi connectivity index (χ3n) is 4.85. The minimum absolute atomic E-state index is 0.0372. The second-order valence-corrected chi connectivity index (χ2v) is 6.13. The Balaban J connectivity index is 1.68. The zero-order valence-corrected chi connectivity index (χ0v) is 11.5. The van der Waals surface area contributed by atoms with E-state index < -0.39 is 0 Å². The minimum Gasteiger partial charge on any atom is -0.382 e. The van der Waals surface area contributed by atoms with Crippen molar-refractivity contribution < 1.29 is 0 Å². The summed E-state index contributed by atoms with van der Waals surface area (Å²) in [5.74, 6) is 2.82. The SMILES string of the molecule is CN(CC1CC2CCC1C2)c1ccnc(C(=N)N)c1. The maximum atomic E-state index is 7.46. The highest BCUT2D eigenvalue weighted by Crippen LogP contribution is 2.48. The highest BCUT2D eigenvalue weighted by atomic mass is 15.1. The molecule has 0 spiro atoms. The van der Waals surface area contributed by atoms with Gasteiger partial charge in [0.05, 0.1) is 0 Å². The molecule has 3 rings (SSSR count). The number of aromatic nitrogens is 1. The van der Waals surface area contributed by atoms with Gasteiger partial charge < -0.3 is 10.6 Å². The summed E-state index contributed by atoms with van der Waals surface area (Å²) in [7, 11) is 2.13. The quantitative estimate of drug-likeness (QED) is 0.643. The standard InChI is InChI=1S/C15H22N4/c1-19(9-12-7-10-2-3-11(12)6-10)13-4-5-18-14(8-13)15(16)17/h4-5,8,10-12H,2-3,6-7,9H2,1H3,(H3,16,17). The van der Waals surface area contributed by atoms with E-state index in [4.69, 9.17) is 11.1 Å². The third kappa shape index (κ3) is 2.44. The number of nitrogens with two attached hydrogens (primary N) is 1. The van der Waals surface area contributed by atoms with Crippen LogP contribution < -0.4 is 10.6 Å². The van der Waals surface area contributed by atoms with E-state index in [1.165, 1.54) is 25.7 Å². The average molecular weight is 258 g/mol. The maximum absolute atomic E-state index is 7.46. The minimum atomic E-state index is 0.0372. The number of hydrogen-bond donors (Lipinski definition) is 2. The molecular formula is C15H22N4. The number of nitrogen functional groups attached to an aromatic ring is 1. The van der Waals surface area contributed by atoms with E-state index >= 15 is 0 Å². The van der Waals surface area contributed by atoms with Gasteiger partial charge in [-0.3, -0.25) is 10.4 Å². The molecular weight excluding hydrogens is 236 g/mol. The van der Waals surface area contributed by atoms with Crippen LogP contribution >= 0.6 is 0 Å². The number of nitrogens with one attached hydrogen (secondary N) is 1. The Kier molecular flexibility index (Phi) is 3.17. The Hall–Kier alpha value is -1.58. The number of amidine groups is 1. The van der Waals surface area contributed by atoms with Crippen molar-refractivity contribution in [2.45, 2.75) is 25.7 Å². The lowest BCUT2D eigenvalue weighted by atomic mass is 9.88. The van der Waals surface area contributed by atoms with Gasteiger partial charge in [0, 0.05) is 25.5 Å². The van der Waals surface area contributed by atoms with Crippen molar-refractivity contribution in [1.29, 1.82) is 5.41 Å². The Morgan fingerprint density at radius 3 is 2.95 bits per heavy atom. The molecule has 0 aromatic carbocycles. The van der Waals surface area contributed by atoms with Crippen molar-refractivity contribution in [3.05, 3.63) is 24.0 Å². The van der Waals surface area contributed by atoms with Crippen molar-refractivity contribution in [2.75, 3.05) is 18.5 Å². The van der Waals surface area contributed by atoms with E-state index in [0.29, 0.717) is 5.69 Å². The lowest BCUT2D eigenvalue weighted by Crippen LogP contribution is -2.29. The molecule has 0 aliphatic heterocycles. The van der Waals surface area contributed by atoms with Crippen LogP contribution in [0.5, 0.6) is 0 Å². The van der Waals surface area contributed by atoms with Gasteiger partial charge in [-0.1, -0.05) is 6.42 Å². The Bertz CT molecular complexity index is 485. The topological polar surface area (TPSA) is 66.0 Å². The number of anilines is 1. The molecule has 3 N–H and O–H groups in total. The summed E-state index contributed by atoms with van der Waals surface area (Å²) in [5, 5.41) is 7.46. The smallest absolute Gasteiger partial charge is 0.141 e. The molecule has 2 aliphatic rings. The monoisotopic (exact) mass is 258 g/mol. The molecule has 0 saturated heterocycles. The van der Waals surface area contributed by atoms with Gasteiger partial charge in [0.1, 0.15) is 11.5 Å². The van der Waals surface area contributed by atoms with E-state index in [-0.39, 0.29) is 5.84 Å². The highest BCUT2D eigenvalue weighted by Gasteiger charge is 2.39. The summed E-state index contributed by atoms with van der Waals surface area (Å²) in [6, 6.07) is 3.91. The van der Waals surface area contributed by atoms with Gasteiger partial charge in [0.15, 0.2) is 0 Å². The molecule has 19 heavy (non-hydrogen) atoms. The van der Waals surface area contributed by atoms with Crippen LogP contribution in [-0.4, -0.2) is 24.4 Å². The van der Waals surface area contributed by atoms with E-state index in [2.05, 4.69) is 16.9 Å². The molecule has 1 heterocycles. The molecule has 0 amide bonds. The fourth-order valence-corrected chi connectivity index (χ4v) is 3.86. The summed E-state index contributed by atoms with van der Waals surface area (Å²) in [4.78, 5) is 6.41. The van der Waals surface area contributed by atoms with Crippen molar-refractivity contribution in [2.24, 2.45) is 23.5 Å². The first-order valence-electron chi connectivity index (χ1n) is 7.15. The van der Waals surface area contributed by atoms with Crippen molar-refractivity contribution in [1.82, 2.24) is 4.98 Å². The predicted octanol–water partition coefficient (Wildman–Crippen LogP) is 2.24. The van der Waals surface area contributed by atoms with Crippen LogP contribution in [0.4, 0.5) is 5.69 Å². The third-order valence-corrected chi connectivity index (χ3v) is 4.85. The van der Waals surface area contributed by atoms with Crippen LogP contribution in [0.3, 0.4) is 0 Å². The fraction of sp³-hybridized carbons (Fsp3) is 0.600. The van der Waals surface area contributed by atoms with Crippen LogP contribution in [0.1, 0.15) is 31.4 Å². The Morgan fingerprint density at radius 1 is 1.47 bits per heavy atom. The molecule has 2 fully saturated rings. The molecule has 3 atom stereocenters. The number of hydrogen-bond acceptors (Lipinski definition) is 3. The normalized spacial score (nSPS) is 28.6. The lowest BCUT2D eigenvalue weighted by molar-refractivity contribution is 0.337. The van der Waals surface area contributed by atoms with Gasteiger partial charge in [-0.2, -0.15) is 0 Å². The van der Waals surface area contributed by atoms with Crippen LogP contribution in [0.25, 0.3) is 0 Å². The summed E-state index contributed by atoms with van der Waals surface area (Å²) >= 11 is 0. The molecule has 2 aliphatic carbocycles. The first-order chi connectivity index (χ1) is 9.13. The number of nitrogens with zero attached hydrogens (tertiary/aromatic N) is 2. The van der Waals surface area contributed by atoms with Gasteiger partial charge in [0.25, 0.3) is 0 Å². The predicted molar refractivity (Wildman–Crippen MR) is 77.5 cm³/mol. The number of pyridine rings is 1. The van der Waals surface area contributed by atoms with Gasteiger partial charge in [-0.05, 0) is 49.1 Å². The van der Waals surface area contributed by atoms with Crippen LogP contribution in [0.15, 0.2) is 18.3 Å². The van der Waals surface area contributed by atoms with E-state index in [0.717, 1.165) is 30.0 Å². The largest absolute Gasteiger partial charge is 0.382 e. The van der Waals surface area contributed by atoms with Crippen LogP contribution in [0, 0.1) is 23.2 Å². The maximum Gasteiger partial charge on any atom is 0.141 e. The Labute approximate surface area is 114 Å². The van der Waals surface area contributed by atoms with Crippen molar-refractivity contribution in [3.63, 3.8) is 0 Å². The first-order valence-corrected chi connectivity index (χ1v) is 7.15. The molecule has 2 saturated carbocycles. The molecule has 4 heteroatoms. The molecule has 0 radical (unpaired) electrons. The van der Waals surface area contributed by atoms with Crippen molar-refractivity contribution in [3.8, 4) is 0 Å². The Morgan fingerprint density at radius 2 is 2.32 bits per heavy atom. The molecule has 1 aromatic heterocycles. The summed E-state index contributed by atoms with van der Waals surface area (Å²) in [6.07, 6.45) is 7.48. The molecule has 3 unspecified atom stereocenters. The molecule has 2 bridgehead atoms. The summed E-state index contributed by atoms with van der Waals surface area (Å²) < 4.78 is 0. The number of fused-ring (bicyclic) bond motifs is 2. The van der Waals surface area contributed by atoms with Crippen LogP contribution in [0.2, 0.25) is 0 Å². The molecule has 4 nitrogen and oxygen atoms in total. The second kappa shape index (κ2) is 4.83. The fourth-order valence-electron chi connectivity index (χ4n) is 3.86. The van der Waals surface area contributed by atoms with Gasteiger partial charge in [-0.15, -0.1) is 0 Å². The zero-order valence-electron chi connectivity index (χ0n) is 11.5. The number of rotatable bonds is 4. The average Bonchev–Trinajstić information content (AvgIpc) is 3.01.